The number of thioether (sulfide) groups is 1. The number of aryl methyl sites for hydroxylation is 1. The summed E-state index contributed by atoms with van der Waals surface area (Å²) in [6.07, 6.45) is 8.64. The van der Waals surface area contributed by atoms with Crippen LogP contribution in [0.1, 0.15) is 38.2 Å². The molecule has 17 heavy (non-hydrogen) atoms. The van der Waals surface area contributed by atoms with Gasteiger partial charge in [0, 0.05) is 23.7 Å². The van der Waals surface area contributed by atoms with Crippen molar-refractivity contribution in [2.45, 2.75) is 56.0 Å². The molecule has 1 saturated carbocycles. The summed E-state index contributed by atoms with van der Waals surface area (Å²) in [6.45, 7) is 4.28. The molecule has 0 aliphatic heterocycles. The molecule has 1 heterocycles. The molecule has 1 aromatic heterocycles. The number of nitrogens with zero attached hydrogens (tertiary/aromatic N) is 2. The predicted molar refractivity (Wildman–Crippen MR) is 72.0 cm³/mol. The Hall–Kier alpha value is -0.610. The van der Waals surface area contributed by atoms with Crippen molar-refractivity contribution < 1.29 is 0 Å². The quantitative estimate of drug-likeness (QED) is 0.839. The molecule has 0 radical (unpaired) electrons. The molecule has 0 bridgehead atoms. The number of hydrogen-bond donors (Lipinski definition) is 1. The first-order valence-electron chi connectivity index (χ1n) is 6.40. The van der Waals surface area contributed by atoms with E-state index in [1.807, 2.05) is 19.3 Å². The first kappa shape index (κ1) is 12.8. The smallest absolute Gasteiger partial charge is 0.187 e. The Morgan fingerprint density at radius 2 is 2.06 bits per heavy atom. The molecule has 1 aromatic rings. The maximum absolute atomic E-state index is 6.20. The van der Waals surface area contributed by atoms with Crippen molar-refractivity contribution in [2.75, 3.05) is 0 Å². The van der Waals surface area contributed by atoms with Gasteiger partial charge >= 0.3 is 0 Å². The van der Waals surface area contributed by atoms with Crippen LogP contribution in [0.3, 0.4) is 0 Å². The second-order valence-corrected chi connectivity index (χ2v) is 6.16. The molecule has 3 nitrogen and oxygen atoms in total. The highest BCUT2D eigenvalue weighted by molar-refractivity contribution is 7.99. The van der Waals surface area contributed by atoms with E-state index in [1.165, 1.54) is 19.3 Å². The number of aromatic nitrogens is 2. The first-order valence-corrected chi connectivity index (χ1v) is 7.28. The Bertz CT molecular complexity index is 352. The summed E-state index contributed by atoms with van der Waals surface area (Å²) >= 11 is 1.75. The van der Waals surface area contributed by atoms with Crippen LogP contribution in [0, 0.1) is 12.8 Å². The van der Waals surface area contributed by atoms with Crippen LogP contribution in [-0.4, -0.2) is 21.3 Å². The highest BCUT2D eigenvalue weighted by Gasteiger charge is 2.28. The van der Waals surface area contributed by atoms with Crippen LogP contribution in [0.15, 0.2) is 17.6 Å². The van der Waals surface area contributed by atoms with Crippen LogP contribution in [0.2, 0.25) is 0 Å². The fraction of sp³-hybridized carbons (Fsp3) is 0.692. The van der Waals surface area contributed by atoms with Gasteiger partial charge in [-0.1, -0.05) is 25.1 Å². The molecule has 3 atom stereocenters. The second-order valence-electron chi connectivity index (χ2n) is 4.95. The molecule has 1 aliphatic rings. The molecule has 4 heteroatoms. The van der Waals surface area contributed by atoms with Gasteiger partial charge in [-0.3, -0.25) is 0 Å². The van der Waals surface area contributed by atoms with Gasteiger partial charge in [0.2, 0.25) is 0 Å². The van der Waals surface area contributed by atoms with E-state index < -0.39 is 0 Å². The fourth-order valence-electron chi connectivity index (χ4n) is 2.32. The third-order valence-electron chi connectivity index (χ3n) is 3.54. The van der Waals surface area contributed by atoms with Gasteiger partial charge in [-0.15, -0.1) is 0 Å². The predicted octanol–water partition coefficient (Wildman–Crippen LogP) is 2.78. The summed E-state index contributed by atoms with van der Waals surface area (Å²) in [6, 6.07) is 0.299. The Labute approximate surface area is 108 Å². The van der Waals surface area contributed by atoms with E-state index in [9.17, 15) is 0 Å². The highest BCUT2D eigenvalue weighted by Crippen LogP contribution is 2.35. The summed E-state index contributed by atoms with van der Waals surface area (Å²) in [4.78, 5) is 8.71. The van der Waals surface area contributed by atoms with Crippen LogP contribution < -0.4 is 5.73 Å². The maximum Gasteiger partial charge on any atom is 0.187 e. The summed E-state index contributed by atoms with van der Waals surface area (Å²) in [5.74, 6) is 0.831. The normalized spacial score (nSPS) is 29.2. The topological polar surface area (TPSA) is 51.8 Å². The minimum absolute atomic E-state index is 0.299. The van der Waals surface area contributed by atoms with Gasteiger partial charge in [0.05, 0.1) is 0 Å². The van der Waals surface area contributed by atoms with Gasteiger partial charge in [0.15, 0.2) is 5.16 Å². The molecule has 94 valence electrons. The van der Waals surface area contributed by atoms with Gasteiger partial charge in [-0.05, 0) is 37.7 Å². The van der Waals surface area contributed by atoms with Crippen molar-refractivity contribution in [2.24, 2.45) is 11.7 Å². The first-order chi connectivity index (χ1) is 8.19. The zero-order valence-corrected chi connectivity index (χ0v) is 11.4. The molecular weight excluding hydrogens is 230 g/mol. The van der Waals surface area contributed by atoms with Crippen LogP contribution >= 0.6 is 11.8 Å². The molecule has 3 unspecified atom stereocenters. The number of hydrogen-bond acceptors (Lipinski definition) is 4. The lowest BCUT2D eigenvalue weighted by molar-refractivity contribution is 0.327. The molecule has 1 aliphatic carbocycles. The molecule has 0 saturated heterocycles. The maximum atomic E-state index is 6.20. The third-order valence-corrected chi connectivity index (χ3v) is 4.81. The third kappa shape index (κ3) is 3.42. The van der Waals surface area contributed by atoms with E-state index in [0.29, 0.717) is 11.3 Å². The van der Waals surface area contributed by atoms with Gasteiger partial charge < -0.3 is 5.73 Å². The second kappa shape index (κ2) is 5.83. The highest BCUT2D eigenvalue weighted by atomic mass is 32.2. The lowest BCUT2D eigenvalue weighted by Crippen LogP contribution is -2.38. The SMILES string of the molecule is CCC1CCC(N)C(Sc2ncc(C)cn2)C1. The van der Waals surface area contributed by atoms with Crippen LogP contribution in [0.25, 0.3) is 0 Å². The molecule has 2 rings (SSSR count). The van der Waals surface area contributed by atoms with Gasteiger partial charge in [0.25, 0.3) is 0 Å². The largest absolute Gasteiger partial charge is 0.327 e. The Morgan fingerprint density at radius 3 is 2.71 bits per heavy atom. The monoisotopic (exact) mass is 251 g/mol. The van der Waals surface area contributed by atoms with Crippen LogP contribution in [0.5, 0.6) is 0 Å². The molecule has 0 aromatic carbocycles. The molecular formula is C13H21N3S. The Morgan fingerprint density at radius 1 is 1.35 bits per heavy atom. The summed E-state index contributed by atoms with van der Waals surface area (Å²) < 4.78 is 0. The van der Waals surface area contributed by atoms with Gasteiger partial charge in [-0.25, -0.2) is 9.97 Å². The minimum Gasteiger partial charge on any atom is -0.327 e. The molecule has 0 spiro atoms. The van der Waals surface area contributed by atoms with E-state index in [0.717, 1.165) is 23.1 Å². The average Bonchev–Trinajstić information content (AvgIpc) is 2.35. The van der Waals surface area contributed by atoms with Crippen molar-refractivity contribution in [3.63, 3.8) is 0 Å². The standard InChI is InChI=1S/C13H21N3S/c1-3-10-4-5-11(14)12(6-10)17-13-15-7-9(2)8-16-13/h7-8,10-12H,3-6,14H2,1-2H3. The molecule has 2 N–H and O–H groups in total. The number of rotatable bonds is 3. The Kier molecular flexibility index (Phi) is 4.40. The van der Waals surface area contributed by atoms with E-state index in [1.54, 1.807) is 11.8 Å². The van der Waals surface area contributed by atoms with Crippen molar-refractivity contribution >= 4 is 11.8 Å². The fourth-order valence-corrected chi connectivity index (χ4v) is 3.50. The summed E-state index contributed by atoms with van der Waals surface area (Å²) in [5, 5.41) is 1.35. The average molecular weight is 251 g/mol. The van der Waals surface area contributed by atoms with Crippen molar-refractivity contribution in [3.8, 4) is 0 Å². The lowest BCUT2D eigenvalue weighted by atomic mass is 9.84. The summed E-state index contributed by atoms with van der Waals surface area (Å²) in [5.41, 5.74) is 7.30. The van der Waals surface area contributed by atoms with Crippen molar-refractivity contribution in [1.29, 1.82) is 0 Å². The lowest BCUT2D eigenvalue weighted by Gasteiger charge is -2.32. The van der Waals surface area contributed by atoms with Crippen LogP contribution in [0.4, 0.5) is 0 Å². The molecule has 0 amide bonds. The van der Waals surface area contributed by atoms with E-state index in [4.69, 9.17) is 5.73 Å². The van der Waals surface area contributed by atoms with E-state index >= 15 is 0 Å². The zero-order valence-electron chi connectivity index (χ0n) is 10.6. The zero-order chi connectivity index (χ0) is 12.3. The van der Waals surface area contributed by atoms with Crippen molar-refractivity contribution in [1.82, 2.24) is 9.97 Å². The van der Waals surface area contributed by atoms with E-state index in [2.05, 4.69) is 16.9 Å². The summed E-state index contributed by atoms with van der Waals surface area (Å²) in [7, 11) is 0. The molecule has 1 fully saturated rings. The van der Waals surface area contributed by atoms with Crippen molar-refractivity contribution in [3.05, 3.63) is 18.0 Å². The van der Waals surface area contributed by atoms with Gasteiger partial charge in [0.1, 0.15) is 0 Å². The minimum atomic E-state index is 0.299. The Balaban J connectivity index is 1.98. The van der Waals surface area contributed by atoms with E-state index in [-0.39, 0.29) is 0 Å². The van der Waals surface area contributed by atoms with Crippen LogP contribution in [-0.2, 0) is 0 Å². The number of nitrogens with two attached hydrogens (primary N) is 1. The van der Waals surface area contributed by atoms with Gasteiger partial charge in [-0.2, -0.15) is 0 Å².